The Bertz CT molecular complexity index is 840. The number of carbonyl (C=O) groups is 1. The highest BCUT2D eigenvalue weighted by Gasteiger charge is 2.31. The van der Waals surface area contributed by atoms with Crippen LogP contribution < -0.4 is 4.90 Å². The summed E-state index contributed by atoms with van der Waals surface area (Å²) in [5, 5.41) is 4.36. The number of benzene rings is 1. The molecule has 3 aromatic rings. The summed E-state index contributed by atoms with van der Waals surface area (Å²) in [7, 11) is 0. The minimum absolute atomic E-state index is 0.0225. The predicted octanol–water partition coefficient (Wildman–Crippen LogP) is 3.09. The average Bonchev–Trinajstić information content (AvgIpc) is 3.24. The van der Waals surface area contributed by atoms with E-state index in [1.54, 1.807) is 11.7 Å². The topological polar surface area (TPSA) is 51.0 Å². The Morgan fingerprint density at radius 1 is 1.30 bits per heavy atom. The number of aryl methyl sites for hydroxylation is 1. The first kappa shape index (κ1) is 14.1. The van der Waals surface area contributed by atoms with E-state index >= 15 is 0 Å². The summed E-state index contributed by atoms with van der Waals surface area (Å²) < 4.78 is 1.94. The first-order valence-electron chi connectivity index (χ1n) is 7.53. The highest BCUT2D eigenvalue weighted by molar-refractivity contribution is 7.12. The third-order valence-electron chi connectivity index (χ3n) is 4.22. The molecule has 1 aliphatic rings. The van der Waals surface area contributed by atoms with Gasteiger partial charge in [-0.15, -0.1) is 11.3 Å². The Balaban J connectivity index is 1.75. The first-order valence-corrected chi connectivity index (χ1v) is 8.41. The van der Waals surface area contributed by atoms with Gasteiger partial charge in [0, 0.05) is 24.6 Å². The van der Waals surface area contributed by atoms with E-state index in [1.807, 2.05) is 47.0 Å². The molecule has 1 atom stereocenters. The van der Waals surface area contributed by atoms with Crippen LogP contribution in [0.15, 0.2) is 48.2 Å². The second kappa shape index (κ2) is 5.62. The summed E-state index contributed by atoms with van der Waals surface area (Å²) in [4.78, 5) is 19.8. The van der Waals surface area contributed by atoms with Gasteiger partial charge < -0.3 is 4.90 Å². The summed E-state index contributed by atoms with van der Waals surface area (Å²) in [6.07, 6.45) is 4.61. The zero-order valence-corrected chi connectivity index (χ0v) is 13.5. The number of hydrogen-bond donors (Lipinski definition) is 0. The van der Waals surface area contributed by atoms with Crippen molar-refractivity contribution in [3.8, 4) is 0 Å². The van der Waals surface area contributed by atoms with Crippen LogP contribution in [0.3, 0.4) is 0 Å². The van der Waals surface area contributed by atoms with Crippen LogP contribution in [0, 0.1) is 6.92 Å². The molecule has 4 rings (SSSR count). The molecule has 116 valence electrons. The standard InChI is InChI=1S/C17H16N4OS/c1-12-16(23-11-18-12)17(22)20-10-14(21-8-4-7-19-21)9-13-5-2-3-6-15(13)20/h2-8,11,14H,9-10H2,1H3. The molecule has 0 N–H and O–H groups in total. The third kappa shape index (κ3) is 2.45. The lowest BCUT2D eigenvalue weighted by Crippen LogP contribution is -2.41. The van der Waals surface area contributed by atoms with Crippen molar-refractivity contribution in [1.29, 1.82) is 0 Å². The number of fused-ring (bicyclic) bond motifs is 1. The second-order valence-corrected chi connectivity index (χ2v) is 6.51. The van der Waals surface area contributed by atoms with Crippen molar-refractivity contribution in [1.82, 2.24) is 14.8 Å². The molecule has 23 heavy (non-hydrogen) atoms. The average molecular weight is 324 g/mol. The molecule has 1 amide bonds. The van der Waals surface area contributed by atoms with E-state index in [-0.39, 0.29) is 11.9 Å². The minimum Gasteiger partial charge on any atom is -0.305 e. The molecular weight excluding hydrogens is 308 g/mol. The summed E-state index contributed by atoms with van der Waals surface area (Å²) in [5.74, 6) is 0.0225. The molecule has 0 radical (unpaired) electrons. The molecule has 1 aromatic carbocycles. The maximum Gasteiger partial charge on any atom is 0.270 e. The summed E-state index contributed by atoms with van der Waals surface area (Å²) in [6, 6.07) is 10.2. The Labute approximate surface area is 138 Å². The van der Waals surface area contributed by atoms with Crippen molar-refractivity contribution < 1.29 is 4.79 Å². The van der Waals surface area contributed by atoms with E-state index in [0.717, 1.165) is 17.8 Å². The minimum atomic E-state index is 0.0225. The fraction of sp³-hybridized carbons (Fsp3) is 0.235. The molecule has 6 heteroatoms. The number of para-hydroxylation sites is 1. The van der Waals surface area contributed by atoms with Crippen molar-refractivity contribution in [2.75, 3.05) is 11.4 Å². The monoisotopic (exact) mass is 324 g/mol. The largest absolute Gasteiger partial charge is 0.305 e. The Morgan fingerprint density at radius 3 is 2.91 bits per heavy atom. The van der Waals surface area contributed by atoms with Gasteiger partial charge in [-0.3, -0.25) is 9.48 Å². The van der Waals surface area contributed by atoms with Crippen LogP contribution in [0.1, 0.15) is 27.0 Å². The van der Waals surface area contributed by atoms with Crippen molar-refractivity contribution >= 4 is 22.9 Å². The van der Waals surface area contributed by atoms with Crippen molar-refractivity contribution in [2.24, 2.45) is 0 Å². The predicted molar refractivity (Wildman–Crippen MR) is 89.9 cm³/mol. The number of amides is 1. The fourth-order valence-corrected chi connectivity index (χ4v) is 3.82. The normalized spacial score (nSPS) is 17.1. The van der Waals surface area contributed by atoms with Crippen molar-refractivity contribution in [3.63, 3.8) is 0 Å². The Morgan fingerprint density at radius 2 is 2.17 bits per heavy atom. The third-order valence-corrected chi connectivity index (χ3v) is 5.13. The SMILES string of the molecule is Cc1ncsc1C(=O)N1CC(n2cccn2)Cc2ccccc21. The van der Waals surface area contributed by atoms with E-state index in [0.29, 0.717) is 11.4 Å². The van der Waals surface area contributed by atoms with Crippen LogP contribution in [0.5, 0.6) is 0 Å². The van der Waals surface area contributed by atoms with Gasteiger partial charge in [-0.05, 0) is 31.0 Å². The van der Waals surface area contributed by atoms with Crippen LogP contribution in [0.25, 0.3) is 0 Å². The van der Waals surface area contributed by atoms with Gasteiger partial charge in [-0.1, -0.05) is 18.2 Å². The number of nitrogens with zero attached hydrogens (tertiary/aromatic N) is 4. The van der Waals surface area contributed by atoms with Gasteiger partial charge in [0.2, 0.25) is 0 Å². The zero-order valence-electron chi connectivity index (χ0n) is 12.7. The highest BCUT2D eigenvalue weighted by atomic mass is 32.1. The van der Waals surface area contributed by atoms with Crippen LogP contribution in [0.4, 0.5) is 5.69 Å². The van der Waals surface area contributed by atoms with Crippen LogP contribution >= 0.6 is 11.3 Å². The van der Waals surface area contributed by atoms with E-state index in [2.05, 4.69) is 16.1 Å². The smallest absolute Gasteiger partial charge is 0.270 e. The van der Waals surface area contributed by atoms with E-state index < -0.39 is 0 Å². The number of rotatable bonds is 2. The molecule has 0 saturated carbocycles. The Kier molecular flexibility index (Phi) is 3.46. The van der Waals surface area contributed by atoms with Gasteiger partial charge in [-0.2, -0.15) is 5.10 Å². The molecule has 1 aliphatic heterocycles. The summed E-state index contributed by atoms with van der Waals surface area (Å²) >= 11 is 1.40. The maximum absolute atomic E-state index is 13.0. The maximum atomic E-state index is 13.0. The van der Waals surface area contributed by atoms with Crippen molar-refractivity contribution in [3.05, 3.63) is 64.4 Å². The Hall–Kier alpha value is -2.47. The number of anilines is 1. The molecule has 5 nitrogen and oxygen atoms in total. The van der Waals surface area contributed by atoms with Crippen LogP contribution in [-0.2, 0) is 6.42 Å². The van der Waals surface area contributed by atoms with Gasteiger partial charge in [0.05, 0.1) is 17.2 Å². The molecular formula is C17H16N4OS. The van der Waals surface area contributed by atoms with E-state index in [4.69, 9.17) is 0 Å². The van der Waals surface area contributed by atoms with Gasteiger partial charge in [0.15, 0.2) is 0 Å². The van der Waals surface area contributed by atoms with Crippen LogP contribution in [0.2, 0.25) is 0 Å². The number of carbonyl (C=O) groups excluding carboxylic acids is 1. The van der Waals surface area contributed by atoms with Crippen LogP contribution in [-0.4, -0.2) is 27.2 Å². The van der Waals surface area contributed by atoms with Crippen molar-refractivity contribution in [2.45, 2.75) is 19.4 Å². The number of hydrogen-bond acceptors (Lipinski definition) is 4. The summed E-state index contributed by atoms with van der Waals surface area (Å²) in [6.45, 7) is 2.50. The lowest BCUT2D eigenvalue weighted by atomic mass is 9.97. The molecule has 0 spiro atoms. The molecule has 2 aromatic heterocycles. The number of thiazole rings is 1. The molecule has 0 aliphatic carbocycles. The molecule has 0 bridgehead atoms. The number of aromatic nitrogens is 3. The molecule has 3 heterocycles. The van der Waals surface area contributed by atoms with E-state index in [1.165, 1.54) is 16.9 Å². The first-order chi connectivity index (χ1) is 11.2. The molecule has 0 saturated heterocycles. The lowest BCUT2D eigenvalue weighted by Gasteiger charge is -2.34. The molecule has 0 fully saturated rings. The molecule has 1 unspecified atom stereocenters. The quantitative estimate of drug-likeness (QED) is 0.728. The highest BCUT2D eigenvalue weighted by Crippen LogP contribution is 2.33. The van der Waals surface area contributed by atoms with Gasteiger partial charge in [0.25, 0.3) is 5.91 Å². The fourth-order valence-electron chi connectivity index (χ4n) is 3.07. The van der Waals surface area contributed by atoms with Gasteiger partial charge >= 0.3 is 0 Å². The second-order valence-electron chi connectivity index (χ2n) is 5.66. The lowest BCUT2D eigenvalue weighted by molar-refractivity contribution is 0.0983. The van der Waals surface area contributed by atoms with E-state index in [9.17, 15) is 4.79 Å². The zero-order chi connectivity index (χ0) is 15.8. The summed E-state index contributed by atoms with van der Waals surface area (Å²) in [5.41, 5.74) is 4.69. The van der Waals surface area contributed by atoms with Gasteiger partial charge in [-0.25, -0.2) is 4.98 Å². The van der Waals surface area contributed by atoms with Gasteiger partial charge in [0.1, 0.15) is 4.88 Å².